The molecule has 0 aromatic carbocycles. The second kappa shape index (κ2) is 4.48. The van der Waals surface area contributed by atoms with E-state index in [1.807, 2.05) is 0 Å². The standard InChI is InChI=1S/C13H26/c1-6-7-8-9(2)13-11(4)10(3)12(13)5/h9-13H,6-8H2,1-5H3. The third kappa shape index (κ3) is 2.08. The summed E-state index contributed by atoms with van der Waals surface area (Å²) in [6.07, 6.45) is 4.23. The summed E-state index contributed by atoms with van der Waals surface area (Å²) in [7, 11) is 0. The molecule has 0 aromatic heterocycles. The van der Waals surface area contributed by atoms with E-state index in [1.165, 1.54) is 19.3 Å². The molecule has 0 N–H and O–H groups in total. The maximum Gasteiger partial charge on any atom is -0.0332 e. The average molecular weight is 182 g/mol. The van der Waals surface area contributed by atoms with E-state index >= 15 is 0 Å². The molecule has 78 valence electrons. The van der Waals surface area contributed by atoms with Crippen molar-refractivity contribution in [1.29, 1.82) is 0 Å². The fraction of sp³-hybridized carbons (Fsp3) is 1.00. The van der Waals surface area contributed by atoms with E-state index in [-0.39, 0.29) is 0 Å². The minimum Gasteiger partial charge on any atom is -0.0654 e. The summed E-state index contributed by atoms with van der Waals surface area (Å²) in [5, 5.41) is 0. The van der Waals surface area contributed by atoms with Crippen molar-refractivity contribution in [3.05, 3.63) is 0 Å². The predicted octanol–water partition coefficient (Wildman–Crippen LogP) is 4.35. The van der Waals surface area contributed by atoms with Crippen LogP contribution in [0.1, 0.15) is 53.9 Å². The normalized spacial score (nSPS) is 41.3. The Labute approximate surface area is 84.1 Å². The SMILES string of the molecule is CCCCC(C)C1C(C)C(C)C1C. The van der Waals surface area contributed by atoms with E-state index in [0.29, 0.717) is 0 Å². The van der Waals surface area contributed by atoms with Crippen LogP contribution >= 0.6 is 0 Å². The van der Waals surface area contributed by atoms with E-state index in [9.17, 15) is 0 Å². The fourth-order valence-electron chi connectivity index (χ4n) is 3.27. The molecule has 0 spiro atoms. The Bertz CT molecular complexity index is 140. The summed E-state index contributed by atoms with van der Waals surface area (Å²) in [6.45, 7) is 12.1. The summed E-state index contributed by atoms with van der Waals surface area (Å²) < 4.78 is 0. The lowest BCUT2D eigenvalue weighted by Crippen LogP contribution is -2.45. The first-order valence-electron chi connectivity index (χ1n) is 6.09. The van der Waals surface area contributed by atoms with Crippen LogP contribution in [0.2, 0.25) is 0 Å². The summed E-state index contributed by atoms with van der Waals surface area (Å²) in [4.78, 5) is 0. The van der Waals surface area contributed by atoms with Gasteiger partial charge < -0.3 is 0 Å². The molecular formula is C13H26. The molecule has 0 amide bonds. The lowest BCUT2D eigenvalue weighted by atomic mass is 9.54. The van der Waals surface area contributed by atoms with Gasteiger partial charge >= 0.3 is 0 Å². The van der Waals surface area contributed by atoms with E-state index in [2.05, 4.69) is 34.6 Å². The Morgan fingerprint density at radius 2 is 1.54 bits per heavy atom. The van der Waals surface area contributed by atoms with Crippen molar-refractivity contribution in [2.75, 3.05) is 0 Å². The highest BCUT2D eigenvalue weighted by molar-refractivity contribution is 4.92. The van der Waals surface area contributed by atoms with Crippen molar-refractivity contribution in [2.24, 2.45) is 29.6 Å². The second-order valence-electron chi connectivity index (χ2n) is 5.27. The highest BCUT2D eigenvalue weighted by atomic mass is 14.5. The molecule has 3 unspecified atom stereocenters. The minimum absolute atomic E-state index is 0.959. The monoisotopic (exact) mass is 182 g/mol. The van der Waals surface area contributed by atoms with Crippen LogP contribution in [-0.2, 0) is 0 Å². The second-order valence-corrected chi connectivity index (χ2v) is 5.27. The Kier molecular flexibility index (Phi) is 3.82. The molecule has 1 rings (SSSR count). The van der Waals surface area contributed by atoms with Gasteiger partial charge in [0.15, 0.2) is 0 Å². The molecule has 1 aliphatic carbocycles. The average Bonchev–Trinajstić information content (AvgIpc) is 2.14. The van der Waals surface area contributed by atoms with Crippen LogP contribution in [0.25, 0.3) is 0 Å². The van der Waals surface area contributed by atoms with Crippen molar-refractivity contribution in [3.63, 3.8) is 0 Å². The zero-order valence-corrected chi connectivity index (χ0v) is 10.0. The van der Waals surface area contributed by atoms with Crippen LogP contribution in [0.3, 0.4) is 0 Å². The fourth-order valence-corrected chi connectivity index (χ4v) is 3.27. The van der Waals surface area contributed by atoms with Crippen molar-refractivity contribution < 1.29 is 0 Å². The molecule has 0 saturated heterocycles. The zero-order valence-electron chi connectivity index (χ0n) is 10.0. The Hall–Kier alpha value is 0. The van der Waals surface area contributed by atoms with Gasteiger partial charge in [0, 0.05) is 0 Å². The molecule has 0 heterocycles. The van der Waals surface area contributed by atoms with Gasteiger partial charge in [0.25, 0.3) is 0 Å². The van der Waals surface area contributed by atoms with Crippen LogP contribution in [0.15, 0.2) is 0 Å². The van der Waals surface area contributed by atoms with Crippen LogP contribution in [0, 0.1) is 29.6 Å². The Morgan fingerprint density at radius 1 is 1.00 bits per heavy atom. The topological polar surface area (TPSA) is 0 Å². The highest BCUT2D eigenvalue weighted by Crippen LogP contribution is 2.50. The van der Waals surface area contributed by atoms with E-state index in [4.69, 9.17) is 0 Å². The number of hydrogen-bond donors (Lipinski definition) is 0. The summed E-state index contributed by atoms with van der Waals surface area (Å²) >= 11 is 0. The van der Waals surface area contributed by atoms with Gasteiger partial charge in [0.1, 0.15) is 0 Å². The van der Waals surface area contributed by atoms with Crippen LogP contribution < -0.4 is 0 Å². The first-order chi connectivity index (χ1) is 6.09. The molecule has 0 aromatic rings. The van der Waals surface area contributed by atoms with Gasteiger partial charge in [-0.05, 0) is 29.6 Å². The number of unbranched alkanes of at least 4 members (excludes halogenated alkanes) is 1. The van der Waals surface area contributed by atoms with Crippen LogP contribution in [0.5, 0.6) is 0 Å². The molecule has 0 bridgehead atoms. The van der Waals surface area contributed by atoms with Gasteiger partial charge in [0.2, 0.25) is 0 Å². The summed E-state index contributed by atoms with van der Waals surface area (Å²) in [6, 6.07) is 0. The Balaban J connectivity index is 2.35. The van der Waals surface area contributed by atoms with Gasteiger partial charge in [0.05, 0.1) is 0 Å². The molecule has 1 saturated carbocycles. The molecule has 0 heteroatoms. The maximum atomic E-state index is 2.46. The largest absolute Gasteiger partial charge is 0.0654 e. The van der Waals surface area contributed by atoms with Crippen LogP contribution in [0.4, 0.5) is 0 Å². The molecule has 0 aliphatic heterocycles. The van der Waals surface area contributed by atoms with E-state index < -0.39 is 0 Å². The van der Waals surface area contributed by atoms with Crippen LogP contribution in [-0.4, -0.2) is 0 Å². The van der Waals surface area contributed by atoms with E-state index in [0.717, 1.165) is 29.6 Å². The third-order valence-corrected chi connectivity index (χ3v) is 4.54. The highest BCUT2D eigenvalue weighted by Gasteiger charge is 2.43. The summed E-state index contributed by atoms with van der Waals surface area (Å²) in [5.74, 6) is 4.89. The zero-order chi connectivity index (χ0) is 10.0. The predicted molar refractivity (Wildman–Crippen MR) is 59.7 cm³/mol. The third-order valence-electron chi connectivity index (χ3n) is 4.54. The van der Waals surface area contributed by atoms with Crippen molar-refractivity contribution in [1.82, 2.24) is 0 Å². The molecule has 0 radical (unpaired) electrons. The van der Waals surface area contributed by atoms with Crippen molar-refractivity contribution in [3.8, 4) is 0 Å². The molecular weight excluding hydrogens is 156 g/mol. The van der Waals surface area contributed by atoms with Crippen molar-refractivity contribution >= 4 is 0 Å². The van der Waals surface area contributed by atoms with Gasteiger partial charge in [-0.2, -0.15) is 0 Å². The maximum absolute atomic E-state index is 2.46. The number of hydrogen-bond acceptors (Lipinski definition) is 0. The minimum atomic E-state index is 0.959. The van der Waals surface area contributed by atoms with Gasteiger partial charge in [-0.3, -0.25) is 0 Å². The first-order valence-corrected chi connectivity index (χ1v) is 6.09. The molecule has 1 aliphatic rings. The van der Waals surface area contributed by atoms with Gasteiger partial charge in [-0.25, -0.2) is 0 Å². The Morgan fingerprint density at radius 3 is 2.00 bits per heavy atom. The quantitative estimate of drug-likeness (QED) is 0.606. The smallest absolute Gasteiger partial charge is 0.0332 e. The lowest BCUT2D eigenvalue weighted by molar-refractivity contribution is -0.0254. The molecule has 3 atom stereocenters. The summed E-state index contributed by atoms with van der Waals surface area (Å²) in [5.41, 5.74) is 0. The lowest BCUT2D eigenvalue weighted by Gasteiger charge is -2.51. The van der Waals surface area contributed by atoms with E-state index in [1.54, 1.807) is 0 Å². The molecule has 13 heavy (non-hydrogen) atoms. The van der Waals surface area contributed by atoms with Gasteiger partial charge in [-0.15, -0.1) is 0 Å². The van der Waals surface area contributed by atoms with Crippen molar-refractivity contribution in [2.45, 2.75) is 53.9 Å². The molecule has 1 fully saturated rings. The molecule has 0 nitrogen and oxygen atoms in total. The first kappa shape index (κ1) is 11.1. The number of rotatable bonds is 4. The van der Waals surface area contributed by atoms with Gasteiger partial charge in [-0.1, -0.05) is 53.9 Å².